The van der Waals surface area contributed by atoms with E-state index in [2.05, 4.69) is 44.3 Å². The summed E-state index contributed by atoms with van der Waals surface area (Å²) in [4.78, 5) is 0. The molecule has 0 saturated heterocycles. The third-order valence-electron chi connectivity index (χ3n) is 3.56. The summed E-state index contributed by atoms with van der Waals surface area (Å²) in [5.74, 6) is 1.03. The van der Waals surface area contributed by atoms with Crippen LogP contribution in [0.3, 0.4) is 0 Å². The standard InChI is InChI=1S/C17H23NO/c1-4-9-18-17(12-16-6-5-10-19-16)15-8-7-13(2)14(3)11-15/h5-8,10-11,17-18H,4,9,12H2,1-3H3. The van der Waals surface area contributed by atoms with Crippen LogP contribution in [0.4, 0.5) is 0 Å². The first-order valence-electron chi connectivity index (χ1n) is 7.03. The van der Waals surface area contributed by atoms with E-state index in [1.807, 2.05) is 12.1 Å². The maximum Gasteiger partial charge on any atom is 0.105 e. The molecule has 0 spiro atoms. The van der Waals surface area contributed by atoms with Crippen molar-refractivity contribution in [1.82, 2.24) is 5.32 Å². The van der Waals surface area contributed by atoms with E-state index in [4.69, 9.17) is 4.42 Å². The molecule has 102 valence electrons. The Balaban J connectivity index is 2.18. The molecule has 0 aliphatic rings. The highest BCUT2D eigenvalue weighted by molar-refractivity contribution is 5.32. The summed E-state index contributed by atoms with van der Waals surface area (Å²) >= 11 is 0. The number of nitrogens with one attached hydrogen (secondary N) is 1. The molecule has 19 heavy (non-hydrogen) atoms. The monoisotopic (exact) mass is 257 g/mol. The number of rotatable bonds is 6. The highest BCUT2D eigenvalue weighted by Gasteiger charge is 2.13. The Labute approximate surface area is 115 Å². The van der Waals surface area contributed by atoms with Gasteiger partial charge in [-0.3, -0.25) is 0 Å². The van der Waals surface area contributed by atoms with E-state index in [0.717, 1.165) is 25.1 Å². The molecule has 2 heteroatoms. The van der Waals surface area contributed by atoms with Crippen molar-refractivity contribution in [2.24, 2.45) is 0 Å². The van der Waals surface area contributed by atoms with Gasteiger partial charge in [-0.05, 0) is 55.6 Å². The van der Waals surface area contributed by atoms with Gasteiger partial charge in [-0.1, -0.05) is 25.1 Å². The minimum absolute atomic E-state index is 0.324. The van der Waals surface area contributed by atoms with Gasteiger partial charge >= 0.3 is 0 Å². The predicted molar refractivity (Wildman–Crippen MR) is 79.4 cm³/mol. The van der Waals surface area contributed by atoms with Crippen LogP contribution in [0.25, 0.3) is 0 Å². The second-order valence-electron chi connectivity index (χ2n) is 5.13. The largest absolute Gasteiger partial charge is 0.469 e. The van der Waals surface area contributed by atoms with Gasteiger partial charge in [0.1, 0.15) is 5.76 Å². The second-order valence-corrected chi connectivity index (χ2v) is 5.13. The Kier molecular flexibility index (Phi) is 4.80. The molecule has 1 atom stereocenters. The lowest BCUT2D eigenvalue weighted by Crippen LogP contribution is -2.24. The average molecular weight is 257 g/mol. The van der Waals surface area contributed by atoms with Crippen LogP contribution in [0.2, 0.25) is 0 Å². The average Bonchev–Trinajstić information content (AvgIpc) is 2.91. The van der Waals surface area contributed by atoms with Crippen molar-refractivity contribution in [1.29, 1.82) is 0 Å². The smallest absolute Gasteiger partial charge is 0.105 e. The van der Waals surface area contributed by atoms with Crippen LogP contribution in [-0.2, 0) is 6.42 Å². The molecule has 1 unspecified atom stereocenters. The van der Waals surface area contributed by atoms with E-state index in [9.17, 15) is 0 Å². The van der Waals surface area contributed by atoms with E-state index >= 15 is 0 Å². The number of hydrogen-bond acceptors (Lipinski definition) is 2. The summed E-state index contributed by atoms with van der Waals surface area (Å²) in [6.45, 7) is 7.54. The number of benzene rings is 1. The summed E-state index contributed by atoms with van der Waals surface area (Å²) in [6.07, 6.45) is 3.78. The minimum Gasteiger partial charge on any atom is -0.469 e. The molecule has 2 nitrogen and oxygen atoms in total. The molecule has 0 aliphatic carbocycles. The zero-order chi connectivity index (χ0) is 13.7. The first-order chi connectivity index (χ1) is 9.20. The SMILES string of the molecule is CCCNC(Cc1ccco1)c1ccc(C)c(C)c1. The quantitative estimate of drug-likeness (QED) is 0.839. The van der Waals surface area contributed by atoms with E-state index < -0.39 is 0 Å². The summed E-state index contributed by atoms with van der Waals surface area (Å²) < 4.78 is 5.48. The van der Waals surface area contributed by atoms with Gasteiger partial charge in [-0.25, -0.2) is 0 Å². The van der Waals surface area contributed by atoms with Crippen molar-refractivity contribution < 1.29 is 4.42 Å². The lowest BCUT2D eigenvalue weighted by Gasteiger charge is -2.19. The lowest BCUT2D eigenvalue weighted by molar-refractivity contribution is 0.449. The van der Waals surface area contributed by atoms with E-state index in [1.54, 1.807) is 6.26 Å². The van der Waals surface area contributed by atoms with Crippen LogP contribution in [0.15, 0.2) is 41.0 Å². The van der Waals surface area contributed by atoms with Crippen LogP contribution in [0.5, 0.6) is 0 Å². The summed E-state index contributed by atoms with van der Waals surface area (Å²) in [7, 11) is 0. The van der Waals surface area contributed by atoms with Crippen molar-refractivity contribution in [2.45, 2.75) is 39.7 Å². The normalized spacial score (nSPS) is 12.6. The fourth-order valence-electron chi connectivity index (χ4n) is 2.24. The van der Waals surface area contributed by atoms with Crippen LogP contribution < -0.4 is 5.32 Å². The molecule has 0 amide bonds. The number of furan rings is 1. The Bertz CT molecular complexity index is 502. The third-order valence-corrected chi connectivity index (χ3v) is 3.56. The third kappa shape index (κ3) is 3.71. The Morgan fingerprint density at radius 1 is 1.16 bits per heavy atom. The molecule has 1 aromatic heterocycles. The molecule has 0 bridgehead atoms. The van der Waals surface area contributed by atoms with Gasteiger partial charge in [0.25, 0.3) is 0 Å². The maximum atomic E-state index is 5.48. The Hall–Kier alpha value is -1.54. The first-order valence-corrected chi connectivity index (χ1v) is 7.03. The van der Waals surface area contributed by atoms with Gasteiger partial charge in [-0.2, -0.15) is 0 Å². The van der Waals surface area contributed by atoms with Crippen LogP contribution >= 0.6 is 0 Å². The fourth-order valence-corrected chi connectivity index (χ4v) is 2.24. The molecular weight excluding hydrogens is 234 g/mol. The molecule has 1 heterocycles. The molecule has 0 radical (unpaired) electrons. The lowest BCUT2D eigenvalue weighted by atomic mass is 9.98. The van der Waals surface area contributed by atoms with Crippen LogP contribution in [-0.4, -0.2) is 6.54 Å². The highest BCUT2D eigenvalue weighted by Crippen LogP contribution is 2.21. The molecule has 0 aliphatic heterocycles. The zero-order valence-electron chi connectivity index (χ0n) is 12.1. The van der Waals surface area contributed by atoms with Crippen LogP contribution in [0.1, 0.15) is 41.8 Å². The summed E-state index contributed by atoms with van der Waals surface area (Å²) in [6, 6.07) is 11.0. The number of hydrogen-bond donors (Lipinski definition) is 1. The fraction of sp³-hybridized carbons (Fsp3) is 0.412. The molecule has 2 aromatic rings. The van der Waals surface area contributed by atoms with Gasteiger partial charge in [0.2, 0.25) is 0 Å². The molecular formula is C17H23NO. The van der Waals surface area contributed by atoms with E-state index in [1.165, 1.54) is 16.7 Å². The van der Waals surface area contributed by atoms with Gasteiger partial charge in [0.05, 0.1) is 6.26 Å². The van der Waals surface area contributed by atoms with Crippen molar-refractivity contribution in [3.05, 3.63) is 59.0 Å². The first kappa shape index (κ1) is 13.9. The summed E-state index contributed by atoms with van der Waals surface area (Å²) in [5, 5.41) is 3.61. The topological polar surface area (TPSA) is 25.2 Å². The van der Waals surface area contributed by atoms with Crippen molar-refractivity contribution >= 4 is 0 Å². The Morgan fingerprint density at radius 2 is 2.00 bits per heavy atom. The molecule has 0 saturated carbocycles. The Morgan fingerprint density at radius 3 is 2.63 bits per heavy atom. The van der Waals surface area contributed by atoms with Gasteiger partial charge in [-0.15, -0.1) is 0 Å². The van der Waals surface area contributed by atoms with Crippen LogP contribution in [0, 0.1) is 13.8 Å². The predicted octanol–water partition coefficient (Wildman–Crippen LogP) is 4.18. The molecule has 1 aromatic carbocycles. The van der Waals surface area contributed by atoms with Gasteiger partial charge in [0.15, 0.2) is 0 Å². The maximum absolute atomic E-state index is 5.48. The molecule has 2 rings (SSSR count). The minimum atomic E-state index is 0.324. The van der Waals surface area contributed by atoms with Crippen molar-refractivity contribution in [3.63, 3.8) is 0 Å². The second kappa shape index (κ2) is 6.58. The molecule has 0 fully saturated rings. The van der Waals surface area contributed by atoms with Crippen molar-refractivity contribution in [3.8, 4) is 0 Å². The summed E-state index contributed by atoms with van der Waals surface area (Å²) in [5.41, 5.74) is 4.03. The zero-order valence-corrected chi connectivity index (χ0v) is 12.1. The molecule has 1 N–H and O–H groups in total. The van der Waals surface area contributed by atoms with Crippen molar-refractivity contribution in [2.75, 3.05) is 6.54 Å². The van der Waals surface area contributed by atoms with E-state index in [-0.39, 0.29) is 0 Å². The van der Waals surface area contributed by atoms with Gasteiger partial charge in [0, 0.05) is 12.5 Å². The highest BCUT2D eigenvalue weighted by atomic mass is 16.3. The van der Waals surface area contributed by atoms with E-state index in [0.29, 0.717) is 6.04 Å². The van der Waals surface area contributed by atoms with Gasteiger partial charge < -0.3 is 9.73 Å². The number of aryl methyl sites for hydroxylation is 2.